The lowest BCUT2D eigenvalue weighted by molar-refractivity contribution is 0.0934. The van der Waals surface area contributed by atoms with Crippen LogP contribution in [0, 0.1) is 19.3 Å². The fourth-order valence-corrected chi connectivity index (χ4v) is 1.93. The summed E-state index contributed by atoms with van der Waals surface area (Å²) in [4.78, 5) is 12.0. The third kappa shape index (κ3) is 2.50. The summed E-state index contributed by atoms with van der Waals surface area (Å²) < 4.78 is 0. The Morgan fingerprint density at radius 2 is 2.12 bits per heavy atom. The van der Waals surface area contributed by atoms with Crippen molar-refractivity contribution in [3.8, 4) is 0 Å². The van der Waals surface area contributed by atoms with E-state index >= 15 is 0 Å². The van der Waals surface area contributed by atoms with Crippen molar-refractivity contribution in [1.82, 2.24) is 5.32 Å². The Bertz CT molecular complexity index is 436. The molecular weight excluding hydrogens is 214 g/mol. The second-order valence-electron chi connectivity index (χ2n) is 5.09. The van der Waals surface area contributed by atoms with Gasteiger partial charge in [0.15, 0.2) is 0 Å². The topological polar surface area (TPSA) is 49.3 Å². The molecule has 1 aromatic carbocycles. The first-order valence-electron chi connectivity index (χ1n) is 6.03. The van der Waals surface area contributed by atoms with Crippen LogP contribution < -0.4 is 5.32 Å². The highest BCUT2D eigenvalue weighted by Gasteiger charge is 2.42. The first-order chi connectivity index (χ1) is 8.08. The minimum absolute atomic E-state index is 0.0343. The lowest BCUT2D eigenvalue weighted by Crippen LogP contribution is -2.32. The molecule has 0 spiro atoms. The minimum Gasteiger partial charge on any atom is -0.396 e. The molecule has 1 amide bonds. The number of aryl methyl sites for hydroxylation is 1. The van der Waals surface area contributed by atoms with E-state index in [-0.39, 0.29) is 17.9 Å². The Kier molecular flexibility index (Phi) is 3.20. The van der Waals surface area contributed by atoms with Gasteiger partial charge in [0.25, 0.3) is 5.91 Å². The third-order valence-corrected chi connectivity index (χ3v) is 3.77. The number of benzene rings is 1. The molecule has 3 heteroatoms. The fourth-order valence-electron chi connectivity index (χ4n) is 1.93. The number of amides is 1. The predicted molar refractivity (Wildman–Crippen MR) is 67.0 cm³/mol. The average molecular weight is 233 g/mol. The van der Waals surface area contributed by atoms with Crippen LogP contribution in [0.15, 0.2) is 18.2 Å². The van der Waals surface area contributed by atoms with Crippen LogP contribution in [-0.2, 0) is 0 Å². The molecule has 1 aliphatic rings. The van der Waals surface area contributed by atoms with Gasteiger partial charge in [-0.2, -0.15) is 0 Å². The molecule has 1 aromatic rings. The molecule has 0 aliphatic heterocycles. The Labute approximate surface area is 102 Å². The molecule has 1 fully saturated rings. The van der Waals surface area contributed by atoms with E-state index in [1.807, 2.05) is 32.0 Å². The molecule has 92 valence electrons. The van der Waals surface area contributed by atoms with Crippen LogP contribution in [0.25, 0.3) is 0 Å². The van der Waals surface area contributed by atoms with Crippen molar-refractivity contribution < 1.29 is 9.90 Å². The van der Waals surface area contributed by atoms with Gasteiger partial charge in [-0.1, -0.05) is 12.1 Å². The predicted octanol–water partition coefficient (Wildman–Crippen LogP) is 1.81. The molecule has 17 heavy (non-hydrogen) atoms. The first kappa shape index (κ1) is 12.1. The maximum Gasteiger partial charge on any atom is 0.251 e. The molecule has 3 nitrogen and oxygen atoms in total. The summed E-state index contributed by atoms with van der Waals surface area (Å²) in [5, 5.41) is 12.1. The van der Waals surface area contributed by atoms with Gasteiger partial charge in [-0.3, -0.25) is 4.79 Å². The summed E-state index contributed by atoms with van der Waals surface area (Å²) in [7, 11) is 0. The summed E-state index contributed by atoms with van der Waals surface area (Å²) >= 11 is 0. The van der Waals surface area contributed by atoms with Crippen LogP contribution in [0.2, 0.25) is 0 Å². The molecule has 0 radical (unpaired) electrons. The van der Waals surface area contributed by atoms with Crippen molar-refractivity contribution in [2.45, 2.75) is 26.7 Å². The highest BCUT2D eigenvalue weighted by Crippen LogP contribution is 2.44. The molecule has 0 heterocycles. The molecule has 1 saturated carbocycles. The lowest BCUT2D eigenvalue weighted by atomic mass is 10.0. The molecule has 0 atom stereocenters. The highest BCUT2D eigenvalue weighted by molar-refractivity contribution is 5.95. The molecule has 0 aromatic heterocycles. The van der Waals surface area contributed by atoms with E-state index in [1.54, 1.807) is 0 Å². The molecule has 0 unspecified atom stereocenters. The summed E-state index contributed by atoms with van der Waals surface area (Å²) in [6, 6.07) is 5.74. The summed E-state index contributed by atoms with van der Waals surface area (Å²) in [6.07, 6.45) is 2.02. The van der Waals surface area contributed by atoms with Crippen LogP contribution in [-0.4, -0.2) is 24.2 Å². The van der Waals surface area contributed by atoms with E-state index in [2.05, 4.69) is 5.32 Å². The van der Waals surface area contributed by atoms with E-state index in [0.29, 0.717) is 6.54 Å². The number of aliphatic hydroxyl groups excluding tert-OH is 1. The smallest absolute Gasteiger partial charge is 0.251 e. The van der Waals surface area contributed by atoms with Gasteiger partial charge in [0.1, 0.15) is 0 Å². The third-order valence-electron chi connectivity index (χ3n) is 3.77. The Morgan fingerprint density at radius 3 is 2.71 bits per heavy atom. The zero-order valence-corrected chi connectivity index (χ0v) is 10.4. The van der Waals surface area contributed by atoms with Crippen LogP contribution >= 0.6 is 0 Å². The van der Waals surface area contributed by atoms with Crippen molar-refractivity contribution in [2.75, 3.05) is 13.2 Å². The van der Waals surface area contributed by atoms with Crippen molar-refractivity contribution in [3.63, 3.8) is 0 Å². The van der Waals surface area contributed by atoms with E-state index in [1.165, 1.54) is 0 Å². The first-order valence-corrected chi connectivity index (χ1v) is 6.03. The van der Waals surface area contributed by atoms with Gasteiger partial charge in [-0.25, -0.2) is 0 Å². The Balaban J connectivity index is 2.02. The van der Waals surface area contributed by atoms with Gasteiger partial charge in [0.05, 0.1) is 6.61 Å². The number of carbonyl (C=O) groups excluding carboxylic acids is 1. The van der Waals surface area contributed by atoms with E-state index < -0.39 is 0 Å². The second kappa shape index (κ2) is 4.49. The standard InChI is InChI=1S/C14H19NO2/c1-10-4-3-5-12(11(10)2)13(17)15-8-14(9-16)6-7-14/h3-5,16H,6-9H2,1-2H3,(H,15,17). The monoisotopic (exact) mass is 233 g/mol. The van der Waals surface area contributed by atoms with E-state index in [9.17, 15) is 9.90 Å². The minimum atomic E-state index is -0.0362. The highest BCUT2D eigenvalue weighted by atomic mass is 16.3. The molecule has 1 aliphatic carbocycles. The van der Waals surface area contributed by atoms with E-state index in [4.69, 9.17) is 0 Å². The summed E-state index contributed by atoms with van der Waals surface area (Å²) in [5.74, 6) is -0.0362. The van der Waals surface area contributed by atoms with Crippen LogP contribution in [0.4, 0.5) is 0 Å². The van der Waals surface area contributed by atoms with Crippen LogP contribution in [0.1, 0.15) is 34.3 Å². The Hall–Kier alpha value is -1.35. The van der Waals surface area contributed by atoms with Crippen molar-refractivity contribution in [3.05, 3.63) is 34.9 Å². The second-order valence-corrected chi connectivity index (χ2v) is 5.09. The number of hydrogen-bond acceptors (Lipinski definition) is 2. The Morgan fingerprint density at radius 1 is 1.41 bits per heavy atom. The summed E-state index contributed by atoms with van der Waals surface area (Å²) in [6.45, 7) is 4.71. The number of hydrogen-bond donors (Lipinski definition) is 2. The van der Waals surface area contributed by atoms with Crippen molar-refractivity contribution in [2.24, 2.45) is 5.41 Å². The van der Waals surface area contributed by atoms with Gasteiger partial charge in [-0.05, 0) is 43.9 Å². The normalized spacial score (nSPS) is 16.6. The zero-order chi connectivity index (χ0) is 12.5. The molecule has 2 N–H and O–H groups in total. The van der Waals surface area contributed by atoms with Gasteiger partial charge >= 0.3 is 0 Å². The molecule has 2 rings (SSSR count). The fraction of sp³-hybridized carbons (Fsp3) is 0.500. The van der Waals surface area contributed by atoms with Gasteiger partial charge in [0.2, 0.25) is 0 Å². The van der Waals surface area contributed by atoms with E-state index in [0.717, 1.165) is 29.5 Å². The van der Waals surface area contributed by atoms with Gasteiger partial charge < -0.3 is 10.4 Å². The molecular formula is C14H19NO2. The molecule has 0 bridgehead atoms. The quantitative estimate of drug-likeness (QED) is 0.833. The maximum absolute atomic E-state index is 12.0. The number of rotatable bonds is 4. The average Bonchev–Trinajstić information content (AvgIpc) is 3.10. The largest absolute Gasteiger partial charge is 0.396 e. The van der Waals surface area contributed by atoms with Gasteiger partial charge in [0, 0.05) is 17.5 Å². The lowest BCUT2D eigenvalue weighted by Gasteiger charge is -2.14. The summed E-state index contributed by atoms with van der Waals surface area (Å²) in [5.41, 5.74) is 2.85. The maximum atomic E-state index is 12.0. The van der Waals surface area contributed by atoms with Crippen molar-refractivity contribution >= 4 is 5.91 Å². The van der Waals surface area contributed by atoms with Crippen LogP contribution in [0.5, 0.6) is 0 Å². The zero-order valence-electron chi connectivity index (χ0n) is 10.4. The SMILES string of the molecule is Cc1cccc(C(=O)NCC2(CO)CC2)c1C. The number of carbonyl (C=O) groups is 1. The van der Waals surface area contributed by atoms with Gasteiger partial charge in [-0.15, -0.1) is 0 Å². The molecule has 0 saturated heterocycles. The van der Waals surface area contributed by atoms with Crippen LogP contribution in [0.3, 0.4) is 0 Å². The number of nitrogens with one attached hydrogen (secondary N) is 1. The number of aliphatic hydroxyl groups is 1. The van der Waals surface area contributed by atoms with Crippen molar-refractivity contribution in [1.29, 1.82) is 0 Å².